The van der Waals surface area contributed by atoms with E-state index in [-0.39, 0.29) is 28.4 Å². The first-order chi connectivity index (χ1) is 64.6. The molecule has 0 atom stereocenters. The SMILES string of the molecule is CC(C)(C)c1cccc(-c2cc(C(C)(C)C)cc3c2N2c4cc(-n5c6ccccc6c6c(-c7ccccc7)cccc65)ccc4B4c5ccc(-n6c7ccccc7c7c(-c8ccccc8)cccc76)cc5N(c5cc(C(C)(C)C)cc2c54)c2c(cc(C(C)(C)C)cc2-c2cccc(C(C)(C)C)c2)-c2cccc(c2)-c2ccc4c(c2)c2cc(ccc2n4-c2ccccc2)-c2cccc-3c2)c1. The largest absolute Gasteiger partial charge is 0.310 e. The van der Waals surface area contributed by atoms with Crippen LogP contribution in [0, 0.1) is 0 Å². The molecule has 3 aliphatic rings. The number of hydrogen-bond acceptors (Lipinski definition) is 2. The molecule has 0 fully saturated rings. The van der Waals surface area contributed by atoms with Crippen LogP contribution in [0.1, 0.15) is 132 Å². The lowest BCUT2D eigenvalue weighted by Crippen LogP contribution is -2.61. The van der Waals surface area contributed by atoms with Crippen molar-refractivity contribution in [3.05, 3.63) is 410 Å². The van der Waals surface area contributed by atoms with Crippen LogP contribution >= 0.6 is 0 Å². The molecule has 0 radical (unpaired) electrons. The lowest BCUT2D eigenvalue weighted by Gasteiger charge is -2.47. The lowest BCUT2D eigenvalue weighted by atomic mass is 9.33. The van der Waals surface area contributed by atoms with Crippen LogP contribution in [0.5, 0.6) is 0 Å². The summed E-state index contributed by atoms with van der Waals surface area (Å²) < 4.78 is 7.61. The van der Waals surface area contributed by atoms with Gasteiger partial charge in [-0.1, -0.05) is 353 Å². The first kappa shape index (κ1) is 82.2. The Morgan fingerprint density at radius 2 is 0.500 bits per heavy atom. The highest BCUT2D eigenvalue weighted by Gasteiger charge is 2.47. The van der Waals surface area contributed by atoms with Gasteiger partial charge in [-0.2, -0.15) is 0 Å². The van der Waals surface area contributed by atoms with Crippen molar-refractivity contribution in [2.24, 2.45) is 0 Å². The average Bonchev–Trinajstić information content (AvgIpc) is 0.765. The molecule has 0 spiro atoms. The van der Waals surface area contributed by atoms with Crippen LogP contribution in [0.15, 0.2) is 382 Å². The van der Waals surface area contributed by atoms with Gasteiger partial charge >= 0.3 is 0 Å². The third kappa shape index (κ3) is 13.2. The summed E-state index contributed by atoms with van der Waals surface area (Å²) in [6.45, 7) is 35.6. The molecular weight excluding hydrogens is 1620 g/mol. The maximum Gasteiger partial charge on any atom is 0.252 e. The molecule has 0 saturated heterocycles. The maximum atomic E-state index is 2.81. The number of rotatable bonds is 7. The maximum absolute atomic E-state index is 2.81. The first-order valence-electron chi connectivity index (χ1n) is 47.8. The Kier molecular flexibility index (Phi) is 18.6. The van der Waals surface area contributed by atoms with Gasteiger partial charge in [0, 0.05) is 94.4 Å². The Morgan fingerprint density at radius 3 is 0.903 bits per heavy atom. The molecule has 24 rings (SSSR count). The van der Waals surface area contributed by atoms with E-state index in [1.54, 1.807) is 0 Å². The minimum absolute atomic E-state index is 0.186. The lowest BCUT2D eigenvalue weighted by molar-refractivity contribution is 0.589. The highest BCUT2D eigenvalue weighted by atomic mass is 15.2. The molecule has 134 heavy (non-hydrogen) atoms. The molecule has 0 N–H and O–H groups in total. The van der Waals surface area contributed by atoms with Gasteiger partial charge < -0.3 is 23.5 Å². The van der Waals surface area contributed by atoms with Gasteiger partial charge in [0.05, 0.1) is 44.5 Å². The fourth-order valence-electron chi connectivity index (χ4n) is 22.2. The van der Waals surface area contributed by atoms with Gasteiger partial charge in [-0.05, 0) is 272 Å². The van der Waals surface area contributed by atoms with Crippen molar-refractivity contribution in [1.82, 2.24) is 13.7 Å². The third-order valence-corrected chi connectivity index (χ3v) is 29.3. The number of nitrogens with zero attached hydrogens (tertiary/aromatic N) is 5. The van der Waals surface area contributed by atoms with Crippen LogP contribution in [0.4, 0.5) is 34.1 Å². The van der Waals surface area contributed by atoms with E-state index in [0.29, 0.717) is 0 Å². The second-order valence-corrected chi connectivity index (χ2v) is 42.9. The Bertz CT molecular complexity index is 7980. The molecule has 6 heteroatoms. The fraction of sp³-hybridized carbons (Fsp3) is 0.156. The van der Waals surface area contributed by atoms with Gasteiger partial charge in [0.25, 0.3) is 6.71 Å². The van der Waals surface area contributed by atoms with Crippen molar-refractivity contribution in [1.29, 1.82) is 0 Å². The molecule has 0 amide bonds. The minimum atomic E-state index is -0.425. The minimum Gasteiger partial charge on any atom is -0.310 e. The van der Waals surface area contributed by atoms with E-state index in [4.69, 9.17) is 0 Å². The van der Waals surface area contributed by atoms with E-state index in [9.17, 15) is 0 Å². The molecule has 0 unspecified atom stereocenters. The van der Waals surface area contributed by atoms with E-state index >= 15 is 0 Å². The molecule has 21 aromatic rings. The molecule has 0 aliphatic carbocycles. The predicted octanol–water partition coefficient (Wildman–Crippen LogP) is 33.2. The molecule has 13 bridgehead atoms. The van der Waals surface area contributed by atoms with Crippen molar-refractivity contribution in [3.8, 4) is 106 Å². The normalized spacial score (nSPS) is 13.1. The van der Waals surface area contributed by atoms with Crippen molar-refractivity contribution < 1.29 is 0 Å². The summed E-state index contributed by atoms with van der Waals surface area (Å²) in [6.07, 6.45) is 0. The van der Waals surface area contributed by atoms with Crippen molar-refractivity contribution in [2.45, 2.75) is 131 Å². The summed E-state index contributed by atoms with van der Waals surface area (Å²) in [5, 5.41) is 7.25. The van der Waals surface area contributed by atoms with E-state index in [1.807, 2.05) is 0 Å². The van der Waals surface area contributed by atoms with Crippen LogP contribution < -0.4 is 26.2 Å². The van der Waals surface area contributed by atoms with Crippen LogP contribution in [0.25, 0.3) is 171 Å². The Morgan fingerprint density at radius 1 is 0.187 bits per heavy atom. The Hall–Kier alpha value is -15.0. The number of benzene rings is 18. The summed E-state index contributed by atoms with van der Waals surface area (Å²) in [7, 11) is 0. The van der Waals surface area contributed by atoms with Gasteiger partial charge in [0.2, 0.25) is 0 Å². The van der Waals surface area contributed by atoms with Crippen LogP contribution in [0.3, 0.4) is 0 Å². The molecular formula is C128H108BN5. The number of aromatic nitrogens is 3. The number of fused-ring (bicyclic) bond motifs is 26. The monoisotopic (exact) mass is 1730 g/mol. The van der Waals surface area contributed by atoms with Crippen molar-refractivity contribution in [2.75, 3.05) is 9.80 Å². The second kappa shape index (κ2) is 30.3. The van der Waals surface area contributed by atoms with Gasteiger partial charge in [-0.15, -0.1) is 0 Å². The topological polar surface area (TPSA) is 21.3 Å². The van der Waals surface area contributed by atoms with E-state index in [0.717, 1.165) is 151 Å². The molecule has 18 aromatic carbocycles. The quantitative estimate of drug-likeness (QED) is 0.148. The van der Waals surface area contributed by atoms with Crippen LogP contribution in [-0.2, 0) is 27.1 Å². The summed E-state index contributed by atoms with van der Waals surface area (Å²) in [4.78, 5) is 5.62. The number of para-hydroxylation sites is 3. The first-order valence-corrected chi connectivity index (χ1v) is 47.8. The van der Waals surface area contributed by atoms with Gasteiger partial charge in [-0.25, -0.2) is 0 Å². The van der Waals surface area contributed by atoms with Crippen molar-refractivity contribution in [3.63, 3.8) is 0 Å². The summed E-state index contributed by atoms with van der Waals surface area (Å²) in [6, 6.07) is 149. The summed E-state index contributed by atoms with van der Waals surface area (Å²) >= 11 is 0. The summed E-state index contributed by atoms with van der Waals surface area (Å²) in [5.74, 6) is 0. The zero-order valence-electron chi connectivity index (χ0n) is 79.2. The molecule has 3 aromatic heterocycles. The third-order valence-electron chi connectivity index (χ3n) is 29.3. The van der Waals surface area contributed by atoms with E-state index in [1.165, 1.54) is 98.8 Å². The molecule has 3 aliphatic heterocycles. The zero-order valence-corrected chi connectivity index (χ0v) is 79.2. The van der Waals surface area contributed by atoms with Gasteiger partial charge in [-0.3, -0.25) is 0 Å². The Balaban J connectivity index is 0.912. The molecule has 0 saturated carbocycles. The highest BCUT2D eigenvalue weighted by molar-refractivity contribution is 7.00. The van der Waals surface area contributed by atoms with Crippen molar-refractivity contribution >= 4 is 123 Å². The summed E-state index contributed by atoms with van der Waals surface area (Å²) in [5.41, 5.74) is 43.9. The average molecular weight is 1730 g/mol. The smallest absolute Gasteiger partial charge is 0.252 e. The Labute approximate surface area is 787 Å². The van der Waals surface area contributed by atoms with E-state index < -0.39 is 5.41 Å². The molecule has 6 heterocycles. The van der Waals surface area contributed by atoms with E-state index in [2.05, 4.69) is 510 Å². The number of hydrogen-bond donors (Lipinski definition) is 0. The number of anilines is 6. The van der Waals surface area contributed by atoms with Crippen LogP contribution in [-0.4, -0.2) is 20.4 Å². The predicted molar refractivity (Wildman–Crippen MR) is 574 cm³/mol. The molecule has 5 nitrogen and oxygen atoms in total. The molecule has 648 valence electrons. The zero-order chi connectivity index (χ0) is 91.5. The van der Waals surface area contributed by atoms with Crippen LogP contribution in [0.2, 0.25) is 0 Å². The van der Waals surface area contributed by atoms with Gasteiger partial charge in [0.1, 0.15) is 0 Å². The highest BCUT2D eigenvalue weighted by Crippen LogP contribution is 2.58. The van der Waals surface area contributed by atoms with Gasteiger partial charge in [0.15, 0.2) is 0 Å². The fourth-order valence-corrected chi connectivity index (χ4v) is 22.2. The standard InChI is InChI=1S/C128H108BN5/c1-124(2,3)89-45-31-43-87(67-89)103-73-91(126(7,8)9)71-101-85-41-29-39-81(65-85)83-57-63-111-105(69-83)106-70-84(58-64-112(106)130(111)94-47-23-18-24-48-94)82-40-30-42-86(66-82)102-72-92(127(10,11)12)74-104(88-44-32-46-90(68-88)125(4,5)6)123(102)134-116-78-96(132-110-54-28-26-50-100(110)120-98(52-34-56-114(120)132)80-37-21-17-22-38-80)60-62-108(116)129-107-61-59-95(77-115(107)133(122(101)103)117-75-93(128(13,14)15)76-118(134)121(117)129)131-109-53-27-25-49-99(109)119-97(51-33-55-113(119)131)79-35-19-16-20-36-79/h16-78H,1-15H3. The second-order valence-electron chi connectivity index (χ2n) is 42.9.